The Labute approximate surface area is 118 Å². The molecule has 7 heteroatoms. The predicted octanol–water partition coefficient (Wildman–Crippen LogP) is -0.561. The lowest BCUT2D eigenvalue weighted by Gasteiger charge is -2.42. The molecule has 1 fully saturated rings. The summed E-state index contributed by atoms with van der Waals surface area (Å²) < 4.78 is 5.67. The van der Waals surface area contributed by atoms with Gasteiger partial charge in [0.15, 0.2) is 0 Å². The molecule has 3 N–H and O–H groups in total. The third-order valence-electron chi connectivity index (χ3n) is 3.01. The van der Waals surface area contributed by atoms with Gasteiger partial charge in [0.05, 0.1) is 24.9 Å². The summed E-state index contributed by atoms with van der Waals surface area (Å²) in [5, 5.41) is 20.4. The lowest BCUT2D eigenvalue weighted by molar-refractivity contribution is -0.153. The first kappa shape index (κ1) is 16.9. The van der Waals surface area contributed by atoms with Crippen LogP contribution in [0.15, 0.2) is 0 Å². The van der Waals surface area contributed by atoms with Crippen LogP contribution in [0.25, 0.3) is 0 Å². The van der Waals surface area contributed by atoms with Crippen LogP contribution in [0.1, 0.15) is 26.7 Å². The van der Waals surface area contributed by atoms with E-state index >= 15 is 0 Å². The van der Waals surface area contributed by atoms with Gasteiger partial charge in [-0.1, -0.05) is 0 Å². The summed E-state index contributed by atoms with van der Waals surface area (Å²) in [5.74, 6) is -0.996. The zero-order chi connectivity index (χ0) is 15.2. The maximum atomic E-state index is 11.8. The van der Waals surface area contributed by atoms with Crippen molar-refractivity contribution in [2.45, 2.75) is 38.4 Å². The number of ether oxygens (including phenoxy) is 1. The van der Waals surface area contributed by atoms with E-state index in [0.717, 1.165) is 0 Å². The van der Waals surface area contributed by atoms with Gasteiger partial charge in [-0.15, -0.1) is 0 Å². The average molecular weight is 288 g/mol. The number of hydrogen-bond donors (Lipinski definition) is 3. The topological polar surface area (TPSA) is 99.1 Å². The number of aliphatic hydroxyl groups excluding tert-OH is 1. The number of aliphatic carboxylic acids is 1. The molecule has 0 saturated carbocycles. The van der Waals surface area contributed by atoms with E-state index < -0.39 is 11.6 Å². The molecule has 0 radical (unpaired) electrons. The number of carboxylic acid groups (broad SMARTS) is 1. The second kappa shape index (κ2) is 7.56. The van der Waals surface area contributed by atoms with Crippen molar-refractivity contribution in [2.24, 2.45) is 0 Å². The van der Waals surface area contributed by atoms with Gasteiger partial charge < -0.3 is 20.3 Å². The van der Waals surface area contributed by atoms with Crippen LogP contribution >= 0.6 is 0 Å². The van der Waals surface area contributed by atoms with Crippen molar-refractivity contribution >= 4 is 11.9 Å². The molecule has 0 aromatic heterocycles. The van der Waals surface area contributed by atoms with Gasteiger partial charge in [0.2, 0.25) is 5.91 Å². The Morgan fingerprint density at radius 3 is 2.75 bits per heavy atom. The Balaban J connectivity index is 2.31. The summed E-state index contributed by atoms with van der Waals surface area (Å²) in [6, 6.07) is 0. The molecule has 0 aromatic rings. The average Bonchev–Trinajstić information content (AvgIpc) is 2.32. The van der Waals surface area contributed by atoms with Crippen molar-refractivity contribution in [3.8, 4) is 0 Å². The van der Waals surface area contributed by atoms with Crippen molar-refractivity contribution in [1.29, 1.82) is 0 Å². The van der Waals surface area contributed by atoms with Gasteiger partial charge in [0, 0.05) is 26.1 Å². The number of nitrogens with one attached hydrogen (secondary N) is 1. The quantitative estimate of drug-likeness (QED) is 0.543. The normalized spacial score (nSPS) is 22.4. The molecular weight excluding hydrogens is 264 g/mol. The number of rotatable bonds is 7. The molecule has 1 unspecified atom stereocenters. The van der Waals surface area contributed by atoms with Crippen LogP contribution in [-0.2, 0) is 14.3 Å². The van der Waals surface area contributed by atoms with Crippen molar-refractivity contribution in [3.63, 3.8) is 0 Å². The highest BCUT2D eigenvalue weighted by Crippen LogP contribution is 2.20. The van der Waals surface area contributed by atoms with E-state index in [9.17, 15) is 14.7 Å². The molecule has 0 spiro atoms. The fraction of sp³-hybridized carbons (Fsp3) is 0.846. The van der Waals surface area contributed by atoms with Crippen LogP contribution in [0.2, 0.25) is 0 Å². The lowest BCUT2D eigenvalue weighted by atomic mass is 10.1. The van der Waals surface area contributed by atoms with Gasteiger partial charge in [0.1, 0.15) is 0 Å². The maximum absolute atomic E-state index is 11.8. The number of carbonyl (C=O) groups excluding carboxylic acids is 1. The summed E-state index contributed by atoms with van der Waals surface area (Å²) in [4.78, 5) is 24.0. The van der Waals surface area contributed by atoms with Crippen LogP contribution in [-0.4, -0.2) is 71.5 Å². The van der Waals surface area contributed by atoms with Gasteiger partial charge in [-0.25, -0.2) is 0 Å². The maximum Gasteiger partial charge on any atom is 0.303 e. The van der Waals surface area contributed by atoms with Gasteiger partial charge in [-0.05, 0) is 20.3 Å². The van der Waals surface area contributed by atoms with E-state index in [4.69, 9.17) is 9.84 Å². The zero-order valence-corrected chi connectivity index (χ0v) is 12.1. The number of aliphatic hydroxyl groups is 1. The van der Waals surface area contributed by atoms with Crippen LogP contribution in [0.5, 0.6) is 0 Å². The Kier molecular flexibility index (Phi) is 6.38. The Morgan fingerprint density at radius 1 is 1.45 bits per heavy atom. The first-order valence-electron chi connectivity index (χ1n) is 6.82. The molecule has 1 saturated heterocycles. The second-order valence-corrected chi connectivity index (χ2v) is 5.70. The molecular formula is C13H24N2O5. The molecule has 0 bridgehead atoms. The summed E-state index contributed by atoms with van der Waals surface area (Å²) >= 11 is 0. The summed E-state index contributed by atoms with van der Waals surface area (Å²) in [6.07, 6.45) is 0.199. The first-order chi connectivity index (χ1) is 9.32. The minimum Gasteiger partial charge on any atom is -0.481 e. The molecule has 1 heterocycles. The van der Waals surface area contributed by atoms with Crippen LogP contribution in [0, 0.1) is 0 Å². The van der Waals surface area contributed by atoms with Crippen LogP contribution in [0.4, 0.5) is 0 Å². The number of nitrogens with zero attached hydrogens (tertiary/aromatic N) is 1. The first-order valence-corrected chi connectivity index (χ1v) is 6.82. The number of carboxylic acids is 1. The summed E-state index contributed by atoms with van der Waals surface area (Å²) in [6.45, 7) is 5.51. The smallest absolute Gasteiger partial charge is 0.303 e. The van der Waals surface area contributed by atoms with Crippen molar-refractivity contribution in [2.75, 3.05) is 32.8 Å². The molecule has 116 valence electrons. The largest absolute Gasteiger partial charge is 0.481 e. The van der Waals surface area contributed by atoms with Gasteiger partial charge in [0.25, 0.3) is 0 Å². The minimum absolute atomic E-state index is 0.0530. The molecule has 20 heavy (non-hydrogen) atoms. The monoisotopic (exact) mass is 288 g/mol. The molecule has 0 aromatic carbocycles. The number of amides is 1. The van der Waals surface area contributed by atoms with Gasteiger partial charge in [-0.2, -0.15) is 0 Å². The van der Waals surface area contributed by atoms with E-state index in [1.54, 1.807) is 0 Å². The highest BCUT2D eigenvalue weighted by atomic mass is 16.5. The fourth-order valence-electron chi connectivity index (χ4n) is 2.36. The number of carbonyl (C=O) groups is 2. The molecule has 1 aliphatic rings. The van der Waals surface area contributed by atoms with E-state index in [1.165, 1.54) is 0 Å². The molecule has 1 amide bonds. The lowest BCUT2D eigenvalue weighted by Crippen LogP contribution is -2.55. The van der Waals surface area contributed by atoms with E-state index in [0.29, 0.717) is 26.1 Å². The van der Waals surface area contributed by atoms with E-state index in [1.807, 2.05) is 18.7 Å². The Morgan fingerprint density at radius 2 is 2.15 bits per heavy atom. The molecule has 7 nitrogen and oxygen atoms in total. The van der Waals surface area contributed by atoms with Crippen LogP contribution in [0.3, 0.4) is 0 Å². The van der Waals surface area contributed by atoms with Gasteiger partial charge in [-0.3, -0.25) is 14.5 Å². The Hall–Kier alpha value is -1.18. The Bertz CT molecular complexity index is 346. The van der Waals surface area contributed by atoms with E-state index in [2.05, 4.69) is 5.32 Å². The van der Waals surface area contributed by atoms with Crippen LogP contribution < -0.4 is 5.32 Å². The highest BCUT2D eigenvalue weighted by Gasteiger charge is 2.33. The number of hydrogen-bond acceptors (Lipinski definition) is 5. The van der Waals surface area contributed by atoms with Crippen molar-refractivity contribution in [1.82, 2.24) is 10.2 Å². The number of morpholine rings is 1. The third kappa shape index (κ3) is 6.31. The van der Waals surface area contributed by atoms with E-state index in [-0.39, 0.29) is 31.6 Å². The highest BCUT2D eigenvalue weighted by molar-refractivity contribution is 5.78. The molecule has 0 aliphatic carbocycles. The second-order valence-electron chi connectivity index (χ2n) is 5.70. The van der Waals surface area contributed by atoms with Crippen molar-refractivity contribution in [3.05, 3.63) is 0 Å². The standard InChI is InChI=1S/C13H24N2O5/c1-13(2)9-15(6-10(8-16)20-13)7-11(17)14-5-3-4-12(18)19/h10,16H,3-9H2,1-2H3,(H,14,17)(H,18,19). The zero-order valence-electron chi connectivity index (χ0n) is 12.1. The fourth-order valence-corrected chi connectivity index (χ4v) is 2.36. The predicted molar refractivity (Wildman–Crippen MR) is 72.4 cm³/mol. The molecule has 1 atom stereocenters. The minimum atomic E-state index is -0.861. The molecule has 1 rings (SSSR count). The summed E-state index contributed by atoms with van der Waals surface area (Å²) in [5.41, 5.74) is -0.394. The van der Waals surface area contributed by atoms with Crippen molar-refractivity contribution < 1.29 is 24.5 Å². The van der Waals surface area contributed by atoms with Gasteiger partial charge >= 0.3 is 5.97 Å². The third-order valence-corrected chi connectivity index (χ3v) is 3.01. The molecule has 1 aliphatic heterocycles. The SMILES string of the molecule is CC1(C)CN(CC(=O)NCCCC(=O)O)CC(CO)O1. The summed E-state index contributed by atoms with van der Waals surface area (Å²) in [7, 11) is 0.